The molecule has 0 atom stereocenters. The number of ketones is 1. The number of carbonyl (C=O) groups excluding carboxylic acids is 1. The number of rotatable bonds is 3. The number of hydrogen-bond acceptors (Lipinski definition) is 3. The Kier molecular flexibility index (Phi) is 2.87. The first kappa shape index (κ1) is 9.98. The largest absolute Gasteiger partial charge is 0.292 e. The zero-order chi connectivity index (χ0) is 10.7. The Morgan fingerprint density at radius 2 is 2.33 bits per heavy atom. The van der Waals surface area contributed by atoms with Crippen molar-refractivity contribution in [2.75, 3.05) is 0 Å². The Balaban J connectivity index is 2.19. The smallest absolute Gasteiger partial charge is 0.188 e. The highest BCUT2D eigenvalue weighted by molar-refractivity contribution is 7.08. The highest BCUT2D eigenvalue weighted by Gasteiger charge is 2.13. The molecule has 2 heterocycles. The monoisotopic (exact) mass is 221 g/mol. The molecule has 76 valence electrons. The molecule has 2 aromatic heterocycles. The Labute approximate surface area is 90.4 Å². The number of pyridine rings is 1. The Bertz CT molecular complexity index is 467. The third-order valence-corrected chi connectivity index (χ3v) is 2.70. The minimum Gasteiger partial charge on any atom is -0.292 e. The first-order valence-corrected chi connectivity index (χ1v) is 5.36. The summed E-state index contributed by atoms with van der Waals surface area (Å²) in [4.78, 5) is 15.4. The van der Waals surface area contributed by atoms with Gasteiger partial charge in [0.25, 0.3) is 0 Å². The van der Waals surface area contributed by atoms with Crippen molar-refractivity contribution < 1.29 is 9.18 Å². The first-order chi connectivity index (χ1) is 7.27. The fraction of sp³-hybridized carbons (Fsp3) is 0.0909. The fourth-order valence-electron chi connectivity index (χ4n) is 1.25. The van der Waals surface area contributed by atoms with Gasteiger partial charge in [0.1, 0.15) is 5.69 Å². The second kappa shape index (κ2) is 4.31. The quantitative estimate of drug-likeness (QED) is 0.746. The van der Waals surface area contributed by atoms with E-state index in [0.717, 1.165) is 5.56 Å². The van der Waals surface area contributed by atoms with E-state index >= 15 is 0 Å². The molecule has 0 bridgehead atoms. The van der Waals surface area contributed by atoms with E-state index in [0.29, 0.717) is 0 Å². The summed E-state index contributed by atoms with van der Waals surface area (Å²) in [6.45, 7) is 0. The van der Waals surface area contributed by atoms with Crippen LogP contribution in [0.2, 0.25) is 0 Å². The molecule has 4 heteroatoms. The number of Topliss-reactive ketones (excluding diaryl/α,β-unsaturated/α-hetero) is 1. The van der Waals surface area contributed by atoms with Gasteiger partial charge in [0, 0.05) is 12.6 Å². The van der Waals surface area contributed by atoms with Crippen LogP contribution in [0.15, 0.2) is 35.2 Å². The predicted octanol–water partition coefficient (Wildman–Crippen LogP) is 2.71. The van der Waals surface area contributed by atoms with Gasteiger partial charge in [0.2, 0.25) is 0 Å². The maximum atomic E-state index is 13.2. The van der Waals surface area contributed by atoms with Crippen molar-refractivity contribution in [1.82, 2.24) is 4.98 Å². The Hall–Kier alpha value is -1.55. The summed E-state index contributed by atoms with van der Waals surface area (Å²) in [5.41, 5.74) is 0.818. The SMILES string of the molecule is O=C(Cc1ccsc1)c1ncccc1F. The average Bonchev–Trinajstić information content (AvgIpc) is 2.71. The number of halogens is 1. The van der Waals surface area contributed by atoms with Crippen molar-refractivity contribution in [2.45, 2.75) is 6.42 Å². The van der Waals surface area contributed by atoms with Crippen molar-refractivity contribution in [2.24, 2.45) is 0 Å². The summed E-state index contributed by atoms with van der Waals surface area (Å²) >= 11 is 1.51. The number of aromatic nitrogens is 1. The second-order valence-electron chi connectivity index (χ2n) is 3.07. The normalized spacial score (nSPS) is 10.2. The molecule has 0 saturated heterocycles. The standard InChI is InChI=1S/C11H8FNOS/c12-9-2-1-4-13-11(9)10(14)6-8-3-5-15-7-8/h1-5,7H,6H2. The lowest BCUT2D eigenvalue weighted by Crippen LogP contribution is -2.07. The molecular weight excluding hydrogens is 213 g/mol. The summed E-state index contributed by atoms with van der Waals surface area (Å²) in [5.74, 6) is -0.843. The van der Waals surface area contributed by atoms with Gasteiger partial charge >= 0.3 is 0 Å². The lowest BCUT2D eigenvalue weighted by molar-refractivity contribution is 0.0984. The van der Waals surface area contributed by atoms with E-state index in [4.69, 9.17) is 0 Å². The van der Waals surface area contributed by atoms with Gasteiger partial charge in [-0.1, -0.05) is 0 Å². The molecule has 0 aliphatic rings. The van der Waals surface area contributed by atoms with Crippen molar-refractivity contribution in [3.8, 4) is 0 Å². The highest BCUT2D eigenvalue weighted by atomic mass is 32.1. The van der Waals surface area contributed by atoms with Crippen LogP contribution in [0.25, 0.3) is 0 Å². The van der Waals surface area contributed by atoms with E-state index in [-0.39, 0.29) is 17.9 Å². The fourth-order valence-corrected chi connectivity index (χ4v) is 1.92. The van der Waals surface area contributed by atoms with Gasteiger partial charge in [-0.3, -0.25) is 9.78 Å². The number of nitrogens with zero attached hydrogens (tertiary/aromatic N) is 1. The lowest BCUT2D eigenvalue weighted by Gasteiger charge is -1.99. The molecule has 2 aromatic rings. The van der Waals surface area contributed by atoms with E-state index in [1.165, 1.54) is 29.7 Å². The topological polar surface area (TPSA) is 30.0 Å². The van der Waals surface area contributed by atoms with Crippen LogP contribution in [0.1, 0.15) is 16.1 Å². The van der Waals surface area contributed by atoms with Gasteiger partial charge in [-0.15, -0.1) is 0 Å². The molecule has 0 radical (unpaired) electrons. The van der Waals surface area contributed by atoms with Crippen molar-refractivity contribution in [3.05, 3.63) is 52.2 Å². The molecule has 0 amide bonds. The molecular formula is C11H8FNOS. The average molecular weight is 221 g/mol. The molecule has 0 saturated carbocycles. The van der Waals surface area contributed by atoms with Crippen LogP contribution in [0, 0.1) is 5.82 Å². The minimum atomic E-state index is -0.558. The number of carbonyl (C=O) groups is 1. The molecule has 0 unspecified atom stereocenters. The first-order valence-electron chi connectivity index (χ1n) is 4.42. The summed E-state index contributed by atoms with van der Waals surface area (Å²) in [6.07, 6.45) is 1.63. The van der Waals surface area contributed by atoms with Crippen LogP contribution in [-0.2, 0) is 6.42 Å². The Morgan fingerprint density at radius 1 is 1.47 bits per heavy atom. The van der Waals surface area contributed by atoms with Crippen molar-refractivity contribution in [3.63, 3.8) is 0 Å². The van der Waals surface area contributed by atoms with E-state index in [2.05, 4.69) is 4.98 Å². The minimum absolute atomic E-state index is 0.0799. The van der Waals surface area contributed by atoms with Crippen LogP contribution >= 0.6 is 11.3 Å². The zero-order valence-corrected chi connectivity index (χ0v) is 8.63. The molecule has 0 spiro atoms. The second-order valence-corrected chi connectivity index (χ2v) is 3.85. The molecule has 15 heavy (non-hydrogen) atoms. The van der Waals surface area contributed by atoms with Crippen LogP contribution < -0.4 is 0 Å². The number of thiophene rings is 1. The molecule has 0 aromatic carbocycles. The third-order valence-electron chi connectivity index (χ3n) is 1.97. The number of hydrogen-bond donors (Lipinski definition) is 0. The van der Waals surface area contributed by atoms with E-state index in [9.17, 15) is 9.18 Å². The predicted molar refractivity (Wildman–Crippen MR) is 56.5 cm³/mol. The van der Waals surface area contributed by atoms with Crippen LogP contribution in [0.4, 0.5) is 4.39 Å². The zero-order valence-electron chi connectivity index (χ0n) is 7.81. The summed E-state index contributed by atoms with van der Waals surface area (Å²) in [5, 5.41) is 3.76. The third kappa shape index (κ3) is 2.27. The molecule has 0 aliphatic carbocycles. The summed E-state index contributed by atoms with van der Waals surface area (Å²) in [6, 6.07) is 4.56. The summed E-state index contributed by atoms with van der Waals surface area (Å²) < 4.78 is 13.2. The van der Waals surface area contributed by atoms with Gasteiger partial charge in [0.05, 0.1) is 0 Å². The molecule has 0 fully saturated rings. The van der Waals surface area contributed by atoms with Crippen LogP contribution in [0.5, 0.6) is 0 Å². The van der Waals surface area contributed by atoms with E-state index in [1.807, 2.05) is 16.8 Å². The molecule has 2 nitrogen and oxygen atoms in total. The summed E-state index contributed by atoms with van der Waals surface area (Å²) in [7, 11) is 0. The maximum absolute atomic E-state index is 13.2. The van der Waals surface area contributed by atoms with Crippen LogP contribution in [-0.4, -0.2) is 10.8 Å². The highest BCUT2D eigenvalue weighted by Crippen LogP contribution is 2.11. The van der Waals surface area contributed by atoms with Gasteiger partial charge in [-0.25, -0.2) is 4.39 Å². The molecule has 2 rings (SSSR count). The molecule has 0 N–H and O–H groups in total. The van der Waals surface area contributed by atoms with Crippen molar-refractivity contribution >= 4 is 17.1 Å². The van der Waals surface area contributed by atoms with Gasteiger partial charge in [-0.2, -0.15) is 11.3 Å². The van der Waals surface area contributed by atoms with Gasteiger partial charge in [0.15, 0.2) is 11.6 Å². The van der Waals surface area contributed by atoms with E-state index in [1.54, 1.807) is 0 Å². The Morgan fingerprint density at radius 3 is 3.00 bits per heavy atom. The van der Waals surface area contributed by atoms with Gasteiger partial charge < -0.3 is 0 Å². The van der Waals surface area contributed by atoms with Gasteiger partial charge in [-0.05, 0) is 34.5 Å². The maximum Gasteiger partial charge on any atom is 0.188 e. The van der Waals surface area contributed by atoms with Crippen molar-refractivity contribution in [1.29, 1.82) is 0 Å². The molecule has 0 aliphatic heterocycles. The van der Waals surface area contributed by atoms with E-state index < -0.39 is 5.82 Å². The lowest BCUT2D eigenvalue weighted by atomic mass is 10.1. The van der Waals surface area contributed by atoms with Crippen LogP contribution in [0.3, 0.4) is 0 Å².